The number of carbonyl (C=O) groups excluding carboxylic acids is 1. The molecule has 26 heavy (non-hydrogen) atoms. The number of amides is 1. The molecule has 0 unspecified atom stereocenters. The second-order valence-electron chi connectivity index (χ2n) is 7.35. The van der Waals surface area contributed by atoms with Crippen molar-refractivity contribution in [2.75, 3.05) is 6.54 Å². The molecule has 1 saturated carbocycles. The minimum atomic E-state index is -0.330. The third-order valence-corrected chi connectivity index (χ3v) is 5.47. The minimum absolute atomic E-state index is 0.00714. The molecule has 0 bridgehead atoms. The molecule has 1 aromatic carbocycles. The number of aromatic nitrogens is 2. The fraction of sp³-hybridized carbons (Fsp3) is 0.500. The Morgan fingerprint density at radius 3 is 2.73 bits per heavy atom. The highest BCUT2D eigenvalue weighted by Crippen LogP contribution is 2.38. The summed E-state index contributed by atoms with van der Waals surface area (Å²) in [5, 5.41) is 2.92. The average Bonchev–Trinajstić information content (AvgIpc) is 3.06. The van der Waals surface area contributed by atoms with Crippen LogP contribution in [0.3, 0.4) is 0 Å². The zero-order chi connectivity index (χ0) is 18.6. The molecule has 140 valence electrons. The van der Waals surface area contributed by atoms with Crippen LogP contribution in [-0.4, -0.2) is 22.0 Å². The lowest BCUT2D eigenvalue weighted by molar-refractivity contribution is -0.124. The van der Waals surface area contributed by atoms with E-state index in [0.717, 1.165) is 37.1 Å². The van der Waals surface area contributed by atoms with Crippen LogP contribution in [0.2, 0.25) is 0 Å². The Balaban J connectivity index is 1.60. The zero-order valence-corrected chi connectivity index (χ0v) is 15.3. The van der Waals surface area contributed by atoms with Gasteiger partial charge >= 0.3 is 0 Å². The summed E-state index contributed by atoms with van der Waals surface area (Å²) in [6, 6.07) is 5.01. The predicted octanol–water partition coefficient (Wildman–Crippen LogP) is 3.24. The van der Waals surface area contributed by atoms with Crippen LogP contribution >= 0.6 is 0 Å². The number of halogens is 1. The molecule has 1 heterocycles. The van der Waals surface area contributed by atoms with Crippen molar-refractivity contribution in [2.24, 2.45) is 11.1 Å². The molecule has 3 N–H and O–H groups in total. The maximum atomic E-state index is 14.4. The van der Waals surface area contributed by atoms with Gasteiger partial charge in [0.2, 0.25) is 5.91 Å². The van der Waals surface area contributed by atoms with E-state index in [1.807, 2.05) is 13.0 Å². The highest BCUT2D eigenvalue weighted by atomic mass is 19.1. The standard InChI is InChI=1S/C20H27FN4O/c1-15-23-9-10-25(15)18-6-5-16(11-17(18)21)13-24-19(26)12-20(14-22)7-3-2-4-8-20/h5-6,9-11H,2-4,7-8,12-14,22H2,1H3,(H,24,26). The Labute approximate surface area is 153 Å². The van der Waals surface area contributed by atoms with Crippen molar-refractivity contribution in [3.05, 3.63) is 47.8 Å². The van der Waals surface area contributed by atoms with Crippen molar-refractivity contribution >= 4 is 5.91 Å². The monoisotopic (exact) mass is 358 g/mol. The Kier molecular flexibility index (Phi) is 5.71. The van der Waals surface area contributed by atoms with E-state index in [9.17, 15) is 9.18 Å². The first-order valence-corrected chi connectivity index (χ1v) is 9.28. The van der Waals surface area contributed by atoms with Crippen molar-refractivity contribution < 1.29 is 9.18 Å². The molecular weight excluding hydrogens is 331 g/mol. The van der Waals surface area contributed by atoms with Crippen LogP contribution in [0.1, 0.15) is 49.9 Å². The number of hydrogen-bond donors (Lipinski definition) is 2. The molecule has 2 aromatic rings. The maximum Gasteiger partial charge on any atom is 0.220 e. The summed E-state index contributed by atoms with van der Waals surface area (Å²) in [7, 11) is 0. The molecule has 6 heteroatoms. The fourth-order valence-corrected chi connectivity index (χ4v) is 3.85. The number of nitrogens with zero attached hydrogens (tertiary/aromatic N) is 2. The number of benzene rings is 1. The minimum Gasteiger partial charge on any atom is -0.352 e. The van der Waals surface area contributed by atoms with Gasteiger partial charge in [-0.05, 0) is 49.4 Å². The van der Waals surface area contributed by atoms with Gasteiger partial charge in [-0.3, -0.25) is 4.79 Å². The van der Waals surface area contributed by atoms with Gasteiger partial charge in [0.25, 0.3) is 0 Å². The summed E-state index contributed by atoms with van der Waals surface area (Å²) in [6.07, 6.45) is 9.38. The highest BCUT2D eigenvalue weighted by Gasteiger charge is 2.32. The third-order valence-electron chi connectivity index (χ3n) is 5.47. The van der Waals surface area contributed by atoms with Crippen molar-refractivity contribution in [3.63, 3.8) is 0 Å². The smallest absolute Gasteiger partial charge is 0.220 e. The van der Waals surface area contributed by atoms with Crippen molar-refractivity contribution in [1.82, 2.24) is 14.9 Å². The van der Waals surface area contributed by atoms with Gasteiger partial charge < -0.3 is 15.6 Å². The number of nitrogens with one attached hydrogen (secondary N) is 1. The Morgan fingerprint density at radius 2 is 2.12 bits per heavy atom. The summed E-state index contributed by atoms with van der Waals surface area (Å²) in [6.45, 7) is 2.69. The Morgan fingerprint density at radius 1 is 1.35 bits per heavy atom. The second-order valence-corrected chi connectivity index (χ2v) is 7.35. The third kappa shape index (κ3) is 4.12. The molecule has 1 aromatic heterocycles. The van der Waals surface area contributed by atoms with E-state index in [1.165, 1.54) is 12.5 Å². The number of rotatable bonds is 6. The van der Waals surface area contributed by atoms with E-state index in [4.69, 9.17) is 5.73 Å². The summed E-state index contributed by atoms with van der Waals surface area (Å²) >= 11 is 0. The molecule has 0 aliphatic heterocycles. The number of hydrogen-bond acceptors (Lipinski definition) is 3. The quantitative estimate of drug-likeness (QED) is 0.833. The van der Waals surface area contributed by atoms with Crippen molar-refractivity contribution in [1.29, 1.82) is 0 Å². The molecule has 1 aliphatic rings. The van der Waals surface area contributed by atoms with Crippen LogP contribution in [0.4, 0.5) is 4.39 Å². The Hall–Kier alpha value is -2.21. The normalized spacial score (nSPS) is 16.4. The van der Waals surface area contributed by atoms with Crippen LogP contribution in [0.15, 0.2) is 30.6 Å². The van der Waals surface area contributed by atoms with E-state index >= 15 is 0 Å². The lowest BCUT2D eigenvalue weighted by Gasteiger charge is -2.35. The lowest BCUT2D eigenvalue weighted by Crippen LogP contribution is -2.38. The molecule has 0 radical (unpaired) electrons. The van der Waals surface area contributed by atoms with Gasteiger partial charge in [0.05, 0.1) is 5.69 Å². The van der Waals surface area contributed by atoms with E-state index in [-0.39, 0.29) is 17.1 Å². The molecule has 3 rings (SSSR count). The largest absolute Gasteiger partial charge is 0.352 e. The van der Waals surface area contributed by atoms with Crippen LogP contribution in [0.25, 0.3) is 5.69 Å². The molecule has 0 spiro atoms. The fourth-order valence-electron chi connectivity index (χ4n) is 3.85. The van der Waals surface area contributed by atoms with E-state index in [0.29, 0.717) is 25.2 Å². The van der Waals surface area contributed by atoms with Gasteiger partial charge in [-0.1, -0.05) is 25.3 Å². The molecule has 5 nitrogen and oxygen atoms in total. The first kappa shape index (κ1) is 18.6. The van der Waals surface area contributed by atoms with Gasteiger partial charge in [0, 0.05) is 25.4 Å². The molecule has 0 saturated heterocycles. The summed E-state index contributed by atoms with van der Waals surface area (Å²) in [5.74, 6) is 0.389. The summed E-state index contributed by atoms with van der Waals surface area (Å²) in [5.41, 5.74) is 7.09. The van der Waals surface area contributed by atoms with Gasteiger partial charge in [0.1, 0.15) is 11.6 Å². The van der Waals surface area contributed by atoms with Crippen LogP contribution in [-0.2, 0) is 11.3 Å². The van der Waals surface area contributed by atoms with Crippen LogP contribution in [0.5, 0.6) is 0 Å². The molecule has 1 aliphatic carbocycles. The summed E-state index contributed by atoms with van der Waals surface area (Å²) < 4.78 is 16.1. The number of aryl methyl sites for hydroxylation is 1. The molecule has 0 atom stereocenters. The molecule has 1 amide bonds. The Bertz CT molecular complexity index is 765. The second kappa shape index (κ2) is 7.99. The molecular formula is C20H27FN4O. The van der Waals surface area contributed by atoms with Gasteiger partial charge in [-0.15, -0.1) is 0 Å². The number of nitrogens with two attached hydrogens (primary N) is 1. The number of carbonyl (C=O) groups is 1. The predicted molar refractivity (Wildman–Crippen MR) is 99.3 cm³/mol. The van der Waals surface area contributed by atoms with Crippen LogP contribution in [0, 0.1) is 18.2 Å². The SMILES string of the molecule is Cc1nccn1-c1ccc(CNC(=O)CC2(CN)CCCCC2)cc1F. The van der Waals surface area contributed by atoms with E-state index in [1.54, 1.807) is 23.0 Å². The van der Waals surface area contributed by atoms with Crippen LogP contribution < -0.4 is 11.1 Å². The average molecular weight is 358 g/mol. The zero-order valence-electron chi connectivity index (χ0n) is 15.3. The molecule has 1 fully saturated rings. The first-order chi connectivity index (χ1) is 12.5. The lowest BCUT2D eigenvalue weighted by atomic mass is 9.71. The van der Waals surface area contributed by atoms with Gasteiger partial charge in [-0.2, -0.15) is 0 Å². The van der Waals surface area contributed by atoms with Crippen molar-refractivity contribution in [2.45, 2.75) is 52.0 Å². The first-order valence-electron chi connectivity index (χ1n) is 9.28. The maximum absolute atomic E-state index is 14.4. The highest BCUT2D eigenvalue weighted by molar-refractivity contribution is 5.76. The van der Waals surface area contributed by atoms with Gasteiger partial charge in [0.15, 0.2) is 0 Å². The number of imidazole rings is 1. The van der Waals surface area contributed by atoms with E-state index in [2.05, 4.69) is 10.3 Å². The van der Waals surface area contributed by atoms with E-state index < -0.39 is 0 Å². The summed E-state index contributed by atoms with van der Waals surface area (Å²) in [4.78, 5) is 16.5. The topological polar surface area (TPSA) is 72.9 Å². The van der Waals surface area contributed by atoms with Gasteiger partial charge in [-0.25, -0.2) is 9.37 Å². The van der Waals surface area contributed by atoms with Crippen molar-refractivity contribution in [3.8, 4) is 5.69 Å².